The number of nitrogens with zero attached hydrogens (tertiary/aromatic N) is 2. The summed E-state index contributed by atoms with van der Waals surface area (Å²) in [6.07, 6.45) is 7.76. The number of esters is 1. The van der Waals surface area contributed by atoms with E-state index in [2.05, 4.69) is 53.4 Å². The Morgan fingerprint density at radius 2 is 1.67 bits per heavy atom. The summed E-state index contributed by atoms with van der Waals surface area (Å²) in [5.74, 6) is 0.920. The molecular formula is C36H42Cl2N2O3. The van der Waals surface area contributed by atoms with Crippen molar-refractivity contribution in [3.63, 3.8) is 0 Å². The van der Waals surface area contributed by atoms with Crippen molar-refractivity contribution in [1.29, 1.82) is 0 Å². The van der Waals surface area contributed by atoms with Gasteiger partial charge in [0.2, 0.25) is 0 Å². The van der Waals surface area contributed by atoms with Crippen LogP contribution in [-0.2, 0) is 29.0 Å². The van der Waals surface area contributed by atoms with Gasteiger partial charge >= 0.3 is 5.97 Å². The van der Waals surface area contributed by atoms with Crippen LogP contribution in [0.5, 0.6) is 5.75 Å². The molecule has 0 unspecified atom stereocenters. The fraction of sp³-hybridized carbons (Fsp3) is 0.389. The Bertz CT molecular complexity index is 1460. The summed E-state index contributed by atoms with van der Waals surface area (Å²) in [6, 6.07) is 29.1. The molecule has 3 aromatic carbocycles. The molecule has 1 fully saturated rings. The van der Waals surface area contributed by atoms with Crippen LogP contribution in [0.25, 0.3) is 10.9 Å². The molecule has 0 amide bonds. The highest BCUT2D eigenvalue weighted by Gasteiger charge is 2.33. The minimum absolute atomic E-state index is 0. The molecule has 1 aromatic heterocycles. The quantitative estimate of drug-likeness (QED) is 0.167. The van der Waals surface area contributed by atoms with Gasteiger partial charge in [0.05, 0.1) is 11.2 Å². The van der Waals surface area contributed by atoms with Gasteiger partial charge in [0.15, 0.2) is 0 Å². The van der Waals surface area contributed by atoms with Gasteiger partial charge in [-0.05, 0) is 99.1 Å². The van der Waals surface area contributed by atoms with Crippen LogP contribution in [0.4, 0.5) is 0 Å². The second-order valence-corrected chi connectivity index (χ2v) is 11.5. The predicted octanol–water partition coefficient (Wildman–Crippen LogP) is 8.31. The molecule has 0 saturated carbocycles. The Hall–Kier alpha value is -3.12. The molecule has 0 spiro atoms. The first-order valence-corrected chi connectivity index (χ1v) is 15.3. The van der Waals surface area contributed by atoms with Gasteiger partial charge in [-0.3, -0.25) is 4.79 Å². The SMILES string of the molecule is Cl.Cl.O=C(CCCN1CCCCC1)O[C@@H]1c2cc(OCc3ccc4ccccc4n3)ccc2CC[C@H]1Cc1ccccc1. The molecule has 2 heterocycles. The van der Waals surface area contributed by atoms with E-state index >= 15 is 0 Å². The zero-order valence-corrected chi connectivity index (χ0v) is 26.3. The second kappa shape index (κ2) is 16.1. The average molecular weight is 622 g/mol. The standard InChI is InChI=1S/C36H40N2O3.2ClH/c39-35(14-9-23-38-21-7-2-8-22-38)41-36-30(24-27-10-3-1-4-11-27)16-15-28-18-20-32(25-33(28)36)40-26-31-19-17-29-12-5-6-13-34(29)37-31;;/h1,3-6,10-13,17-20,25,30,36H,2,7-9,14-16,21-24,26H2;2*1H/t30-,36-;;/m0../s1. The number of ether oxygens (including phenoxy) is 2. The van der Waals surface area contributed by atoms with Crippen molar-refractivity contribution in [2.24, 2.45) is 5.92 Å². The van der Waals surface area contributed by atoms with E-state index < -0.39 is 0 Å². The van der Waals surface area contributed by atoms with Crippen molar-refractivity contribution in [3.8, 4) is 5.75 Å². The molecule has 2 atom stereocenters. The minimum Gasteiger partial charge on any atom is -0.487 e. The maximum Gasteiger partial charge on any atom is 0.306 e. The molecule has 0 N–H and O–H groups in total. The number of piperidine rings is 1. The molecule has 1 aliphatic heterocycles. The number of benzene rings is 3. The molecular weight excluding hydrogens is 579 g/mol. The lowest BCUT2D eigenvalue weighted by Gasteiger charge is -2.34. The molecule has 6 rings (SSSR count). The van der Waals surface area contributed by atoms with E-state index in [1.807, 2.05) is 36.4 Å². The summed E-state index contributed by atoms with van der Waals surface area (Å²) >= 11 is 0. The van der Waals surface area contributed by atoms with Gasteiger partial charge in [0.25, 0.3) is 0 Å². The number of hydrogen-bond acceptors (Lipinski definition) is 5. The van der Waals surface area contributed by atoms with Gasteiger partial charge in [-0.1, -0.05) is 67.1 Å². The Balaban J connectivity index is 0.00000212. The highest BCUT2D eigenvalue weighted by atomic mass is 35.5. The van der Waals surface area contributed by atoms with E-state index in [-0.39, 0.29) is 42.8 Å². The largest absolute Gasteiger partial charge is 0.487 e. The van der Waals surface area contributed by atoms with E-state index in [4.69, 9.17) is 14.5 Å². The van der Waals surface area contributed by atoms with E-state index in [1.165, 1.54) is 30.4 Å². The monoisotopic (exact) mass is 620 g/mol. The van der Waals surface area contributed by atoms with Crippen molar-refractivity contribution >= 4 is 41.7 Å². The minimum atomic E-state index is -0.274. The molecule has 2 aliphatic rings. The average Bonchev–Trinajstić information content (AvgIpc) is 3.02. The number of aromatic nitrogens is 1. The fourth-order valence-corrected chi connectivity index (χ4v) is 6.36. The molecule has 7 heteroatoms. The van der Waals surface area contributed by atoms with E-state index in [0.29, 0.717) is 13.0 Å². The normalized spacial score (nSPS) is 18.1. The van der Waals surface area contributed by atoms with Crippen LogP contribution in [0.15, 0.2) is 84.9 Å². The van der Waals surface area contributed by atoms with Gasteiger partial charge in [0.1, 0.15) is 18.5 Å². The highest BCUT2D eigenvalue weighted by molar-refractivity contribution is 5.85. The van der Waals surface area contributed by atoms with Crippen molar-refractivity contribution in [2.75, 3.05) is 19.6 Å². The number of para-hydroxylation sites is 1. The van der Waals surface area contributed by atoms with Crippen LogP contribution < -0.4 is 4.74 Å². The van der Waals surface area contributed by atoms with Gasteiger partial charge in [-0.2, -0.15) is 0 Å². The van der Waals surface area contributed by atoms with Crippen molar-refractivity contribution in [3.05, 3.63) is 107 Å². The first kappa shape index (κ1) is 32.8. The second-order valence-electron chi connectivity index (χ2n) is 11.5. The van der Waals surface area contributed by atoms with Crippen LogP contribution in [0.1, 0.15) is 67.0 Å². The Kier molecular flexibility index (Phi) is 12.3. The first-order chi connectivity index (χ1) is 20.2. The topological polar surface area (TPSA) is 51.7 Å². The first-order valence-electron chi connectivity index (χ1n) is 15.3. The number of likely N-dealkylation sites (tertiary alicyclic amines) is 1. The number of carbonyl (C=O) groups excluding carboxylic acids is 1. The molecule has 0 bridgehead atoms. The number of aryl methyl sites for hydroxylation is 1. The molecule has 4 aromatic rings. The van der Waals surface area contributed by atoms with Crippen LogP contribution in [-0.4, -0.2) is 35.5 Å². The number of rotatable bonds is 10. The third kappa shape index (κ3) is 8.72. The molecule has 0 radical (unpaired) electrons. The maximum atomic E-state index is 13.2. The Morgan fingerprint density at radius 1 is 0.884 bits per heavy atom. The molecule has 5 nitrogen and oxygen atoms in total. The molecule has 1 aliphatic carbocycles. The van der Waals surface area contributed by atoms with Crippen LogP contribution in [0.3, 0.4) is 0 Å². The zero-order chi connectivity index (χ0) is 27.9. The molecule has 43 heavy (non-hydrogen) atoms. The predicted molar refractivity (Wildman–Crippen MR) is 177 cm³/mol. The lowest BCUT2D eigenvalue weighted by molar-refractivity contribution is -0.153. The molecule has 228 valence electrons. The smallest absolute Gasteiger partial charge is 0.306 e. The molecule has 1 saturated heterocycles. The third-order valence-corrected chi connectivity index (χ3v) is 8.58. The summed E-state index contributed by atoms with van der Waals surface area (Å²) in [7, 11) is 0. The highest BCUT2D eigenvalue weighted by Crippen LogP contribution is 2.41. The number of fused-ring (bicyclic) bond motifs is 2. The van der Waals surface area contributed by atoms with Gasteiger partial charge < -0.3 is 14.4 Å². The van der Waals surface area contributed by atoms with Crippen molar-refractivity contribution < 1.29 is 14.3 Å². The Morgan fingerprint density at radius 3 is 2.51 bits per heavy atom. The van der Waals surface area contributed by atoms with Crippen LogP contribution in [0.2, 0.25) is 0 Å². The van der Waals surface area contributed by atoms with E-state index in [9.17, 15) is 4.79 Å². The fourth-order valence-electron chi connectivity index (χ4n) is 6.36. The van der Waals surface area contributed by atoms with Crippen molar-refractivity contribution in [2.45, 2.75) is 64.1 Å². The van der Waals surface area contributed by atoms with E-state index in [0.717, 1.165) is 73.2 Å². The lowest BCUT2D eigenvalue weighted by Crippen LogP contribution is -2.31. The summed E-state index contributed by atoms with van der Waals surface area (Å²) in [5.41, 5.74) is 5.47. The summed E-state index contributed by atoms with van der Waals surface area (Å²) in [4.78, 5) is 20.4. The number of halogens is 2. The summed E-state index contributed by atoms with van der Waals surface area (Å²) < 4.78 is 12.6. The summed E-state index contributed by atoms with van der Waals surface area (Å²) in [6.45, 7) is 3.67. The lowest BCUT2D eigenvalue weighted by atomic mass is 9.78. The Labute approximate surface area is 267 Å². The van der Waals surface area contributed by atoms with Crippen molar-refractivity contribution in [1.82, 2.24) is 9.88 Å². The number of carbonyl (C=O) groups is 1. The van der Waals surface area contributed by atoms with Crippen LogP contribution >= 0.6 is 24.8 Å². The van der Waals surface area contributed by atoms with Gasteiger partial charge in [-0.25, -0.2) is 4.98 Å². The zero-order valence-electron chi connectivity index (χ0n) is 24.7. The number of hydrogen-bond donors (Lipinski definition) is 0. The van der Waals surface area contributed by atoms with E-state index in [1.54, 1.807) is 0 Å². The van der Waals surface area contributed by atoms with Gasteiger partial charge in [-0.15, -0.1) is 24.8 Å². The maximum absolute atomic E-state index is 13.2. The van der Waals surface area contributed by atoms with Gasteiger partial charge in [0, 0.05) is 17.7 Å². The number of pyridine rings is 1. The summed E-state index contributed by atoms with van der Waals surface area (Å²) in [5, 5.41) is 1.12. The van der Waals surface area contributed by atoms with Crippen LogP contribution in [0, 0.1) is 5.92 Å². The third-order valence-electron chi connectivity index (χ3n) is 8.58.